The molecule has 7 rings (SSSR count). The Balaban J connectivity index is 1.13. The number of hydrogen-bond donors (Lipinski definition) is 2. The van der Waals surface area contributed by atoms with Crippen molar-refractivity contribution in [3.63, 3.8) is 0 Å². The number of alkyl halides is 1. The third-order valence-corrected chi connectivity index (χ3v) is 10.5. The molecule has 3 N–H and O–H groups in total. The van der Waals surface area contributed by atoms with Crippen molar-refractivity contribution in [1.82, 2.24) is 19.9 Å². The molecule has 1 saturated carbocycles. The number of β-amino-alcohol motifs (C(OH)–C–C–N with tert-alkyl or cyclic N) is 1. The van der Waals surface area contributed by atoms with Crippen LogP contribution in [-0.4, -0.2) is 102 Å². The lowest BCUT2D eigenvalue weighted by Gasteiger charge is -2.49. The normalized spacial score (nSPS) is 28.3. The van der Waals surface area contributed by atoms with Gasteiger partial charge in [0.05, 0.1) is 36.4 Å². The third-order valence-electron chi connectivity index (χ3n) is 9.49. The highest BCUT2D eigenvalue weighted by Crippen LogP contribution is 2.53. The van der Waals surface area contributed by atoms with Gasteiger partial charge in [-0.1, -0.05) is 0 Å². The summed E-state index contributed by atoms with van der Waals surface area (Å²) in [4.78, 5) is 21.4. The molecule has 41 heavy (non-hydrogen) atoms. The van der Waals surface area contributed by atoms with Gasteiger partial charge in [-0.05, 0) is 38.2 Å². The summed E-state index contributed by atoms with van der Waals surface area (Å²) in [7, 11) is 0. The topological polar surface area (TPSA) is 137 Å². The van der Waals surface area contributed by atoms with Crippen molar-refractivity contribution >= 4 is 28.2 Å². The summed E-state index contributed by atoms with van der Waals surface area (Å²) in [6.07, 6.45) is 2.94. The summed E-state index contributed by atoms with van der Waals surface area (Å²) in [5, 5.41) is 21.0. The predicted molar refractivity (Wildman–Crippen MR) is 152 cm³/mol. The first-order valence-electron chi connectivity index (χ1n) is 14.6. The van der Waals surface area contributed by atoms with Crippen LogP contribution in [0.5, 0.6) is 6.01 Å². The molecule has 2 aliphatic carbocycles. The average Bonchev–Trinajstić information content (AvgIpc) is 3.53. The number of anilines is 3. The molecule has 1 spiro atoms. The van der Waals surface area contributed by atoms with Gasteiger partial charge in [0.2, 0.25) is 11.9 Å². The minimum absolute atomic E-state index is 0.0914. The SMILES string of the molecule is C[C@@]1(O)CCCN(c2nc(OCC3(CN4CCOCC4)CC3)nc(N3CC4(C3)c3c(sc(N)c3C#N)C[C@@H]4F)n2)C1. The molecular formula is C28H37FN8O3S. The number of nitrogen functional groups attached to an aromatic ring is 1. The molecular weight excluding hydrogens is 547 g/mol. The van der Waals surface area contributed by atoms with Gasteiger partial charge in [-0.15, -0.1) is 11.3 Å². The summed E-state index contributed by atoms with van der Waals surface area (Å²) in [6, 6.07) is 2.46. The summed E-state index contributed by atoms with van der Waals surface area (Å²) in [6.45, 7) is 8.57. The fraction of sp³-hybridized carbons (Fsp3) is 0.714. The predicted octanol–water partition coefficient (Wildman–Crippen LogP) is 1.88. The number of ether oxygens (including phenoxy) is 2. The summed E-state index contributed by atoms with van der Waals surface area (Å²) < 4.78 is 27.3. The molecule has 220 valence electrons. The Morgan fingerprint density at radius 1 is 1.12 bits per heavy atom. The number of thiophene rings is 1. The molecule has 5 aliphatic rings. The van der Waals surface area contributed by atoms with Crippen LogP contribution < -0.4 is 20.3 Å². The van der Waals surface area contributed by atoms with E-state index in [9.17, 15) is 10.4 Å². The van der Waals surface area contributed by atoms with Crippen molar-refractivity contribution in [3.8, 4) is 12.1 Å². The van der Waals surface area contributed by atoms with Crippen molar-refractivity contribution in [2.24, 2.45) is 5.41 Å². The smallest absolute Gasteiger partial charge is 0.323 e. The zero-order chi connectivity index (χ0) is 28.4. The Bertz CT molecular complexity index is 1360. The van der Waals surface area contributed by atoms with Gasteiger partial charge < -0.3 is 30.1 Å². The van der Waals surface area contributed by atoms with Crippen LogP contribution in [0, 0.1) is 16.7 Å². The number of aliphatic hydroxyl groups is 1. The molecule has 0 unspecified atom stereocenters. The molecule has 2 atom stereocenters. The van der Waals surface area contributed by atoms with Crippen molar-refractivity contribution in [3.05, 3.63) is 16.0 Å². The van der Waals surface area contributed by atoms with Crippen molar-refractivity contribution in [2.45, 2.75) is 56.2 Å². The second-order valence-corrected chi connectivity index (χ2v) is 14.0. The fourth-order valence-corrected chi connectivity index (χ4v) is 8.13. The number of piperidine rings is 1. The van der Waals surface area contributed by atoms with Gasteiger partial charge in [0.25, 0.3) is 0 Å². The summed E-state index contributed by atoms with van der Waals surface area (Å²) in [5.74, 6) is 0.895. The minimum Gasteiger partial charge on any atom is -0.463 e. The molecule has 2 aromatic heterocycles. The zero-order valence-corrected chi connectivity index (χ0v) is 24.3. The fourth-order valence-electron chi connectivity index (χ4n) is 6.98. The third kappa shape index (κ3) is 4.88. The minimum atomic E-state index is -1.09. The molecule has 0 aromatic carbocycles. The van der Waals surface area contributed by atoms with Crippen LogP contribution in [0.15, 0.2) is 0 Å². The van der Waals surface area contributed by atoms with E-state index in [1.165, 1.54) is 11.3 Å². The highest BCUT2D eigenvalue weighted by Gasteiger charge is 2.58. The van der Waals surface area contributed by atoms with Crippen LogP contribution in [0.1, 0.15) is 48.6 Å². The molecule has 3 aliphatic heterocycles. The Morgan fingerprint density at radius 3 is 2.54 bits per heavy atom. The van der Waals surface area contributed by atoms with Gasteiger partial charge >= 0.3 is 6.01 Å². The number of nitrogens with two attached hydrogens (primary N) is 1. The van der Waals surface area contributed by atoms with Crippen LogP contribution in [0.3, 0.4) is 0 Å². The molecule has 0 amide bonds. The van der Waals surface area contributed by atoms with E-state index in [1.54, 1.807) is 0 Å². The van der Waals surface area contributed by atoms with E-state index in [0.29, 0.717) is 55.1 Å². The van der Waals surface area contributed by atoms with Crippen molar-refractivity contribution in [1.29, 1.82) is 5.26 Å². The number of nitriles is 1. The van der Waals surface area contributed by atoms with E-state index in [1.807, 2.05) is 16.7 Å². The Hall–Kier alpha value is -2.79. The molecule has 4 fully saturated rings. The largest absolute Gasteiger partial charge is 0.463 e. The van der Waals surface area contributed by atoms with E-state index < -0.39 is 17.2 Å². The van der Waals surface area contributed by atoms with E-state index in [0.717, 1.165) is 69.1 Å². The number of morpholine rings is 1. The monoisotopic (exact) mass is 584 g/mol. The molecule has 0 radical (unpaired) electrons. The highest BCUT2D eigenvalue weighted by atomic mass is 32.1. The first-order chi connectivity index (χ1) is 19.7. The Kier molecular flexibility index (Phi) is 6.53. The molecule has 3 saturated heterocycles. The van der Waals surface area contributed by atoms with Gasteiger partial charge in [0.1, 0.15) is 17.2 Å². The second kappa shape index (κ2) is 9.90. The van der Waals surface area contributed by atoms with Gasteiger partial charge in [0, 0.05) is 62.5 Å². The molecule has 5 heterocycles. The number of nitrogens with zero attached hydrogens (tertiary/aromatic N) is 7. The maximum absolute atomic E-state index is 15.5. The van der Waals surface area contributed by atoms with Crippen LogP contribution in [0.4, 0.5) is 21.3 Å². The lowest BCUT2D eigenvalue weighted by molar-refractivity contribution is 0.0231. The summed E-state index contributed by atoms with van der Waals surface area (Å²) in [5.41, 5.74) is 5.76. The van der Waals surface area contributed by atoms with Crippen LogP contribution in [-0.2, 0) is 16.6 Å². The molecule has 2 aromatic rings. The second-order valence-electron chi connectivity index (χ2n) is 12.9. The number of hydrogen-bond acceptors (Lipinski definition) is 12. The number of fused-ring (bicyclic) bond motifs is 2. The van der Waals surface area contributed by atoms with Crippen molar-refractivity contribution < 1.29 is 19.0 Å². The number of aromatic nitrogens is 3. The lowest BCUT2D eigenvalue weighted by Crippen LogP contribution is -2.63. The molecule has 11 nitrogen and oxygen atoms in total. The van der Waals surface area contributed by atoms with Crippen molar-refractivity contribution in [2.75, 3.05) is 81.2 Å². The Morgan fingerprint density at radius 2 is 1.85 bits per heavy atom. The highest BCUT2D eigenvalue weighted by molar-refractivity contribution is 7.16. The first kappa shape index (κ1) is 27.1. The van der Waals surface area contributed by atoms with Gasteiger partial charge in [-0.25, -0.2) is 4.39 Å². The van der Waals surface area contributed by atoms with Gasteiger partial charge in [-0.2, -0.15) is 20.2 Å². The van der Waals surface area contributed by atoms with E-state index in [-0.39, 0.29) is 17.8 Å². The van der Waals surface area contributed by atoms with E-state index in [4.69, 9.17) is 25.2 Å². The number of halogens is 1. The maximum atomic E-state index is 15.5. The summed E-state index contributed by atoms with van der Waals surface area (Å²) >= 11 is 1.33. The van der Waals surface area contributed by atoms with Crippen LogP contribution in [0.25, 0.3) is 0 Å². The number of rotatable bonds is 7. The quantitative estimate of drug-likeness (QED) is 0.494. The van der Waals surface area contributed by atoms with Crippen LogP contribution in [0.2, 0.25) is 0 Å². The molecule has 0 bridgehead atoms. The first-order valence-corrected chi connectivity index (χ1v) is 15.4. The zero-order valence-electron chi connectivity index (χ0n) is 23.4. The Labute approximate surface area is 243 Å². The van der Waals surface area contributed by atoms with Gasteiger partial charge in [0.15, 0.2) is 0 Å². The van der Waals surface area contributed by atoms with E-state index >= 15 is 4.39 Å². The van der Waals surface area contributed by atoms with Gasteiger partial charge in [-0.3, -0.25) is 4.90 Å². The van der Waals surface area contributed by atoms with E-state index in [2.05, 4.69) is 16.0 Å². The van der Waals surface area contributed by atoms with Crippen LogP contribution >= 0.6 is 11.3 Å². The lowest BCUT2D eigenvalue weighted by atomic mass is 9.73. The maximum Gasteiger partial charge on any atom is 0.323 e. The average molecular weight is 585 g/mol. The standard InChI is InChI=1S/C28H37FN8O3S/c1-26(38)3-2-6-36(13-26)23-32-24(34-25(33-23)40-17-27(4-5-27)14-35-7-9-39-10-8-35)37-15-28(16-37)20(29)11-19-21(28)18(12-30)22(31)41-19/h20,38H,2-11,13-17,31H2,1H3/t20-,26+/m0/s1. The molecule has 13 heteroatoms.